The maximum absolute atomic E-state index is 12.9. The number of nitrogens with zero attached hydrogens (tertiary/aromatic N) is 3. The first-order valence-electron chi connectivity index (χ1n) is 9.25. The van der Waals surface area contributed by atoms with Crippen LogP contribution in [0.4, 0.5) is 14.8 Å². The largest absolute Gasteiger partial charge is 0.507 e. The number of piperidine rings is 1. The van der Waals surface area contributed by atoms with Crippen molar-refractivity contribution in [3.63, 3.8) is 0 Å². The van der Waals surface area contributed by atoms with Crippen LogP contribution < -0.4 is 5.32 Å². The Morgan fingerprint density at radius 3 is 2.82 bits per heavy atom. The van der Waals surface area contributed by atoms with Crippen molar-refractivity contribution in [2.24, 2.45) is 0 Å². The summed E-state index contributed by atoms with van der Waals surface area (Å²) < 4.78 is 31.6. The zero-order chi connectivity index (χ0) is 19.8. The quantitative estimate of drug-likeness (QED) is 0.692. The Kier molecular flexibility index (Phi) is 4.89. The van der Waals surface area contributed by atoms with E-state index in [4.69, 9.17) is 4.42 Å². The summed E-state index contributed by atoms with van der Waals surface area (Å²) in [7, 11) is 2.09. The van der Waals surface area contributed by atoms with Crippen molar-refractivity contribution in [2.45, 2.75) is 32.2 Å². The maximum Gasteiger partial charge on any atom is 0.297 e. The highest BCUT2D eigenvalue weighted by atomic mass is 19.3. The zero-order valence-electron chi connectivity index (χ0n) is 15.7. The molecule has 4 rings (SSSR count). The van der Waals surface area contributed by atoms with Gasteiger partial charge in [-0.05, 0) is 63.2 Å². The van der Waals surface area contributed by atoms with Gasteiger partial charge in [0.1, 0.15) is 5.75 Å². The van der Waals surface area contributed by atoms with Crippen molar-refractivity contribution in [3.05, 3.63) is 35.4 Å². The number of fused-ring (bicyclic) bond motifs is 1. The number of likely N-dealkylation sites (tertiary alicyclic amines) is 1. The molecule has 0 saturated carbocycles. The van der Waals surface area contributed by atoms with Crippen LogP contribution in [0.3, 0.4) is 0 Å². The molecule has 1 atom stereocenters. The van der Waals surface area contributed by atoms with E-state index >= 15 is 0 Å². The highest BCUT2D eigenvalue weighted by Gasteiger charge is 2.20. The molecular weight excluding hydrogens is 366 g/mol. The fourth-order valence-electron chi connectivity index (χ4n) is 3.73. The van der Waals surface area contributed by atoms with Crippen molar-refractivity contribution in [1.82, 2.24) is 14.9 Å². The number of halogens is 2. The monoisotopic (exact) mass is 388 g/mol. The van der Waals surface area contributed by atoms with E-state index in [1.807, 2.05) is 0 Å². The number of aromatic nitrogens is 2. The van der Waals surface area contributed by atoms with E-state index in [9.17, 15) is 13.9 Å². The van der Waals surface area contributed by atoms with Crippen LogP contribution in [0.15, 0.2) is 28.7 Å². The summed E-state index contributed by atoms with van der Waals surface area (Å²) in [4.78, 5) is 11.1. The van der Waals surface area contributed by atoms with Crippen molar-refractivity contribution < 1.29 is 18.3 Å². The van der Waals surface area contributed by atoms with Gasteiger partial charge < -0.3 is 19.7 Å². The molecule has 1 saturated heterocycles. The summed E-state index contributed by atoms with van der Waals surface area (Å²) in [5.41, 5.74) is 2.11. The molecule has 0 bridgehead atoms. The standard InChI is InChI=1S/C20H22F2N4O2/c1-11-8-12(18(21)22)9-15(27)17(11)14-5-6-16-19(24-14)25-20(28-16)23-13-4-3-7-26(2)10-13/h5-6,8-9,13,18,27H,3-4,7,10H2,1-2H3,(H,23,24,25)/t13-/m1/s1. The van der Waals surface area contributed by atoms with Gasteiger partial charge in [0, 0.05) is 23.7 Å². The van der Waals surface area contributed by atoms with Crippen LogP contribution in [0.2, 0.25) is 0 Å². The van der Waals surface area contributed by atoms with Gasteiger partial charge in [-0.25, -0.2) is 13.8 Å². The first-order valence-corrected chi connectivity index (χ1v) is 9.25. The van der Waals surface area contributed by atoms with Crippen LogP contribution in [-0.4, -0.2) is 46.2 Å². The molecule has 3 heterocycles. The van der Waals surface area contributed by atoms with Crippen LogP contribution in [0, 0.1) is 6.92 Å². The molecule has 0 spiro atoms. The van der Waals surface area contributed by atoms with E-state index in [-0.39, 0.29) is 17.4 Å². The first kappa shape index (κ1) is 18.6. The number of oxazole rings is 1. The van der Waals surface area contributed by atoms with Crippen LogP contribution in [0.25, 0.3) is 22.5 Å². The van der Waals surface area contributed by atoms with Crippen molar-refractivity contribution in [2.75, 3.05) is 25.5 Å². The number of phenolic OH excluding ortho intramolecular Hbond substituents is 1. The lowest BCUT2D eigenvalue weighted by molar-refractivity contribution is 0.151. The topological polar surface area (TPSA) is 74.4 Å². The number of aryl methyl sites for hydroxylation is 1. The third-order valence-electron chi connectivity index (χ3n) is 5.05. The Hall–Kier alpha value is -2.74. The lowest BCUT2D eigenvalue weighted by Crippen LogP contribution is -2.39. The van der Waals surface area contributed by atoms with Crippen LogP contribution in [-0.2, 0) is 0 Å². The molecule has 1 fully saturated rings. The number of aromatic hydroxyl groups is 1. The average Bonchev–Trinajstić information content (AvgIpc) is 3.02. The second-order valence-electron chi connectivity index (χ2n) is 7.32. The minimum Gasteiger partial charge on any atom is -0.507 e. The molecule has 148 valence electrons. The van der Waals surface area contributed by atoms with Gasteiger partial charge in [-0.2, -0.15) is 4.98 Å². The molecule has 6 nitrogen and oxygen atoms in total. The average molecular weight is 388 g/mol. The number of alkyl halides is 2. The number of phenols is 1. The number of pyridine rings is 1. The summed E-state index contributed by atoms with van der Waals surface area (Å²) >= 11 is 0. The Labute approximate surface area is 161 Å². The molecule has 28 heavy (non-hydrogen) atoms. The van der Waals surface area contributed by atoms with Gasteiger partial charge in [-0.15, -0.1) is 0 Å². The van der Waals surface area contributed by atoms with Crippen molar-refractivity contribution in [1.29, 1.82) is 0 Å². The summed E-state index contributed by atoms with van der Waals surface area (Å²) in [5, 5.41) is 13.6. The lowest BCUT2D eigenvalue weighted by Gasteiger charge is -2.29. The maximum atomic E-state index is 12.9. The number of likely N-dealkylation sites (N-methyl/N-ethyl adjacent to an activating group) is 1. The van der Waals surface area contributed by atoms with Crippen LogP contribution in [0.5, 0.6) is 5.75 Å². The van der Waals surface area contributed by atoms with E-state index in [0.717, 1.165) is 32.0 Å². The van der Waals surface area contributed by atoms with E-state index < -0.39 is 6.43 Å². The third-order valence-corrected chi connectivity index (χ3v) is 5.05. The van der Waals surface area contributed by atoms with Gasteiger partial charge in [-0.1, -0.05) is 0 Å². The van der Waals surface area contributed by atoms with E-state index in [0.29, 0.717) is 34.1 Å². The normalized spacial score (nSPS) is 18.1. The highest BCUT2D eigenvalue weighted by molar-refractivity contribution is 5.78. The number of hydrogen-bond donors (Lipinski definition) is 2. The Morgan fingerprint density at radius 1 is 1.29 bits per heavy atom. The van der Waals surface area contributed by atoms with Gasteiger partial charge >= 0.3 is 0 Å². The molecule has 3 aromatic rings. The van der Waals surface area contributed by atoms with Crippen LogP contribution >= 0.6 is 0 Å². The molecule has 0 amide bonds. The number of anilines is 1. The second kappa shape index (κ2) is 7.35. The van der Waals surface area contributed by atoms with Gasteiger partial charge in [0.15, 0.2) is 5.58 Å². The van der Waals surface area contributed by atoms with Gasteiger partial charge in [0.05, 0.1) is 5.69 Å². The molecule has 0 unspecified atom stereocenters. The molecule has 1 aromatic carbocycles. The summed E-state index contributed by atoms with van der Waals surface area (Å²) in [5.74, 6) is -0.228. The highest BCUT2D eigenvalue weighted by Crippen LogP contribution is 2.36. The fraction of sp³-hybridized carbons (Fsp3) is 0.400. The smallest absolute Gasteiger partial charge is 0.297 e. The number of nitrogens with one attached hydrogen (secondary N) is 1. The minimum atomic E-state index is -2.64. The summed E-state index contributed by atoms with van der Waals surface area (Å²) in [6.45, 7) is 3.67. The number of rotatable bonds is 4. The van der Waals surface area contributed by atoms with E-state index in [2.05, 4.69) is 27.2 Å². The van der Waals surface area contributed by atoms with Crippen molar-refractivity contribution in [3.8, 4) is 17.0 Å². The van der Waals surface area contributed by atoms with E-state index in [1.165, 1.54) is 6.07 Å². The Bertz CT molecular complexity index is 982. The summed E-state index contributed by atoms with van der Waals surface area (Å²) in [6, 6.07) is 6.53. The molecule has 2 aromatic heterocycles. The predicted molar refractivity (Wildman–Crippen MR) is 103 cm³/mol. The zero-order valence-corrected chi connectivity index (χ0v) is 15.7. The Balaban J connectivity index is 1.63. The third kappa shape index (κ3) is 3.64. The molecular formula is C20H22F2N4O2. The molecule has 0 radical (unpaired) electrons. The predicted octanol–water partition coefficient (Wildman–Crippen LogP) is 4.35. The molecule has 1 aliphatic rings. The summed E-state index contributed by atoms with van der Waals surface area (Å²) in [6.07, 6.45) is -0.480. The van der Waals surface area contributed by atoms with E-state index in [1.54, 1.807) is 19.1 Å². The minimum absolute atomic E-state index is 0.217. The Morgan fingerprint density at radius 2 is 2.11 bits per heavy atom. The molecule has 8 heteroatoms. The molecule has 0 aliphatic carbocycles. The number of hydrogen-bond acceptors (Lipinski definition) is 6. The SMILES string of the molecule is Cc1cc(C(F)F)cc(O)c1-c1ccc2oc(N[C@@H]3CCCN(C)C3)nc2n1. The van der Waals surface area contributed by atoms with Gasteiger partial charge in [-0.3, -0.25) is 0 Å². The second-order valence-corrected chi connectivity index (χ2v) is 7.32. The van der Waals surface area contributed by atoms with Gasteiger partial charge in [0.25, 0.3) is 12.4 Å². The fourth-order valence-corrected chi connectivity index (χ4v) is 3.73. The van der Waals surface area contributed by atoms with Gasteiger partial charge in [0.2, 0.25) is 5.65 Å². The lowest BCUT2D eigenvalue weighted by atomic mass is 10.0. The van der Waals surface area contributed by atoms with Crippen LogP contribution in [0.1, 0.15) is 30.4 Å². The first-order chi connectivity index (χ1) is 13.4. The molecule has 1 aliphatic heterocycles. The van der Waals surface area contributed by atoms with Crippen molar-refractivity contribution >= 4 is 17.2 Å². The number of benzene rings is 1. The molecule has 2 N–H and O–H groups in total.